The van der Waals surface area contributed by atoms with E-state index >= 15 is 0 Å². The van der Waals surface area contributed by atoms with Gasteiger partial charge in [0, 0.05) is 40.7 Å². The fourth-order valence-corrected chi connectivity index (χ4v) is 6.03. The fourth-order valence-electron chi connectivity index (χ4n) is 6.03. The number of nitrogens with zero attached hydrogens (tertiary/aromatic N) is 2. The lowest BCUT2D eigenvalue weighted by Crippen LogP contribution is -2.18. The first-order valence-electron chi connectivity index (χ1n) is 14.1. The molecule has 0 saturated carbocycles. The van der Waals surface area contributed by atoms with Crippen molar-refractivity contribution in [2.75, 3.05) is 11.9 Å². The van der Waals surface area contributed by atoms with Crippen LogP contribution < -0.4 is 10.6 Å². The van der Waals surface area contributed by atoms with Crippen LogP contribution in [0.3, 0.4) is 0 Å². The molecule has 0 radical (unpaired) electrons. The van der Waals surface area contributed by atoms with Gasteiger partial charge >= 0.3 is 0 Å². The number of pyridine rings is 1. The van der Waals surface area contributed by atoms with Crippen molar-refractivity contribution >= 4 is 22.4 Å². The van der Waals surface area contributed by atoms with Crippen molar-refractivity contribution in [3.05, 3.63) is 144 Å². The minimum Gasteiger partial charge on any atom is -0.440 e. The summed E-state index contributed by atoms with van der Waals surface area (Å²) in [5, 5.41) is 7.07. The molecule has 0 saturated heterocycles. The van der Waals surface area contributed by atoms with E-state index in [-0.39, 0.29) is 12.0 Å². The van der Waals surface area contributed by atoms with Crippen LogP contribution in [0.15, 0.2) is 126 Å². The van der Waals surface area contributed by atoms with Gasteiger partial charge in [-0.15, -0.1) is 0 Å². The molecule has 198 valence electrons. The molecule has 0 fully saturated rings. The quantitative estimate of drug-likeness (QED) is 0.244. The van der Waals surface area contributed by atoms with Crippen molar-refractivity contribution in [1.82, 2.24) is 15.3 Å². The lowest BCUT2D eigenvalue weighted by Gasteiger charge is -2.30. The molecule has 8 rings (SSSR count). The van der Waals surface area contributed by atoms with Gasteiger partial charge in [-0.2, -0.15) is 0 Å². The molecule has 2 unspecified atom stereocenters. The van der Waals surface area contributed by atoms with Gasteiger partial charge in [-0.1, -0.05) is 91.1 Å². The molecular weight excluding hydrogens is 504 g/mol. The van der Waals surface area contributed by atoms with Crippen LogP contribution in [0.4, 0.5) is 5.69 Å². The Morgan fingerprint density at radius 2 is 1.71 bits per heavy atom. The standard InChI is InChI=1S/C36H28N4O/c1-2-8-25(9-3-1)36-40-35-32(41-36)20-19-28-33(35)27-11-4-5-12-31(27)39-34(28)24-17-15-23(16-18-24)29-13-6-14-30(38-29)26-10-7-21-37-22-26/h1-8,10-20,22,25,34,37,39H,9,21H2. The second kappa shape index (κ2) is 9.79. The summed E-state index contributed by atoms with van der Waals surface area (Å²) in [6, 6.07) is 27.7. The van der Waals surface area contributed by atoms with Crippen molar-refractivity contribution in [1.29, 1.82) is 0 Å². The highest BCUT2D eigenvalue weighted by atomic mass is 16.3. The molecule has 3 aliphatic rings. The lowest BCUT2D eigenvalue weighted by molar-refractivity contribution is 0.505. The Labute approximate surface area is 238 Å². The summed E-state index contributed by atoms with van der Waals surface area (Å²) in [5.74, 6) is 0.938. The molecule has 3 aromatic carbocycles. The van der Waals surface area contributed by atoms with Gasteiger partial charge in [-0.05, 0) is 41.8 Å². The zero-order valence-electron chi connectivity index (χ0n) is 22.4. The molecule has 4 heterocycles. The topological polar surface area (TPSA) is 63.0 Å². The van der Waals surface area contributed by atoms with Crippen LogP contribution >= 0.6 is 0 Å². The first-order chi connectivity index (χ1) is 20.3. The smallest absolute Gasteiger partial charge is 0.202 e. The van der Waals surface area contributed by atoms with Crippen molar-refractivity contribution in [2.45, 2.75) is 18.4 Å². The molecule has 5 heteroatoms. The number of benzene rings is 3. The van der Waals surface area contributed by atoms with E-state index in [4.69, 9.17) is 14.4 Å². The predicted octanol–water partition coefficient (Wildman–Crippen LogP) is 8.17. The van der Waals surface area contributed by atoms with Crippen molar-refractivity contribution in [3.63, 3.8) is 0 Å². The summed E-state index contributed by atoms with van der Waals surface area (Å²) in [6.07, 6.45) is 15.7. The molecule has 5 aromatic rings. The summed E-state index contributed by atoms with van der Waals surface area (Å²) in [5.41, 5.74) is 11.6. The van der Waals surface area contributed by atoms with E-state index in [1.807, 2.05) is 6.20 Å². The number of rotatable bonds is 4. The maximum atomic E-state index is 6.31. The van der Waals surface area contributed by atoms with Gasteiger partial charge in [0.25, 0.3) is 0 Å². The summed E-state index contributed by atoms with van der Waals surface area (Å²) >= 11 is 0. The van der Waals surface area contributed by atoms with Crippen LogP contribution in [-0.4, -0.2) is 16.5 Å². The number of dihydropyridines is 1. The van der Waals surface area contributed by atoms with E-state index < -0.39 is 0 Å². The van der Waals surface area contributed by atoms with E-state index in [2.05, 4.69) is 126 Å². The van der Waals surface area contributed by atoms with Crippen LogP contribution in [0.2, 0.25) is 0 Å². The Kier molecular flexibility index (Phi) is 5.66. The average molecular weight is 533 g/mol. The summed E-state index contributed by atoms with van der Waals surface area (Å²) < 4.78 is 6.31. The second-order valence-corrected chi connectivity index (χ2v) is 10.6. The zero-order chi connectivity index (χ0) is 27.2. The summed E-state index contributed by atoms with van der Waals surface area (Å²) in [4.78, 5) is 10.0. The van der Waals surface area contributed by atoms with Crippen LogP contribution in [0.5, 0.6) is 0 Å². The SMILES string of the molecule is C1=CCC(c2nc3c4c(ccc3o2)C(c2ccc(-c3cccc(C5=CNCC=C5)n3)cc2)Nc2ccccc2-4)C=C1. The Morgan fingerprint density at radius 1 is 0.805 bits per heavy atom. The van der Waals surface area contributed by atoms with E-state index in [9.17, 15) is 0 Å². The normalized spacial score (nSPS) is 18.8. The number of aromatic nitrogens is 2. The van der Waals surface area contributed by atoms with E-state index in [1.165, 1.54) is 11.1 Å². The van der Waals surface area contributed by atoms with Gasteiger partial charge in [-0.25, -0.2) is 9.97 Å². The van der Waals surface area contributed by atoms with E-state index in [1.54, 1.807) is 0 Å². The van der Waals surface area contributed by atoms with Crippen molar-refractivity contribution in [2.24, 2.45) is 0 Å². The molecule has 0 spiro atoms. The third-order valence-corrected chi connectivity index (χ3v) is 8.09. The highest BCUT2D eigenvalue weighted by Crippen LogP contribution is 2.46. The highest BCUT2D eigenvalue weighted by molar-refractivity contribution is 5.99. The minimum atomic E-state index is -0.0149. The minimum absolute atomic E-state index is 0.0149. The predicted molar refractivity (Wildman–Crippen MR) is 165 cm³/mol. The number of hydrogen-bond donors (Lipinski definition) is 2. The molecule has 2 atom stereocenters. The summed E-state index contributed by atoms with van der Waals surface area (Å²) in [7, 11) is 0. The molecular formula is C36H28N4O. The lowest BCUT2D eigenvalue weighted by atomic mass is 9.85. The Hall–Kier alpha value is -5.16. The summed E-state index contributed by atoms with van der Waals surface area (Å²) in [6.45, 7) is 0.853. The van der Waals surface area contributed by atoms with E-state index in [0.29, 0.717) is 0 Å². The number of oxazole rings is 1. The van der Waals surface area contributed by atoms with Crippen molar-refractivity contribution < 1.29 is 4.42 Å². The van der Waals surface area contributed by atoms with E-state index in [0.717, 1.165) is 69.3 Å². The molecule has 41 heavy (non-hydrogen) atoms. The molecule has 2 aromatic heterocycles. The number of nitrogens with one attached hydrogen (secondary N) is 2. The van der Waals surface area contributed by atoms with Gasteiger partial charge in [0.2, 0.25) is 5.89 Å². The third kappa shape index (κ3) is 4.18. The van der Waals surface area contributed by atoms with Crippen LogP contribution in [0.25, 0.3) is 39.1 Å². The first-order valence-corrected chi connectivity index (χ1v) is 14.1. The monoisotopic (exact) mass is 532 g/mol. The number of anilines is 1. The zero-order valence-corrected chi connectivity index (χ0v) is 22.4. The Morgan fingerprint density at radius 3 is 2.56 bits per heavy atom. The van der Waals surface area contributed by atoms with Gasteiger partial charge < -0.3 is 15.1 Å². The molecule has 5 nitrogen and oxygen atoms in total. The molecule has 0 amide bonds. The molecule has 2 N–H and O–H groups in total. The van der Waals surface area contributed by atoms with Crippen LogP contribution in [0.1, 0.15) is 41.1 Å². The maximum Gasteiger partial charge on any atom is 0.202 e. The number of hydrogen-bond acceptors (Lipinski definition) is 5. The molecule has 2 aliphatic heterocycles. The number of para-hydroxylation sites is 1. The van der Waals surface area contributed by atoms with Gasteiger partial charge in [-0.3, -0.25) is 0 Å². The van der Waals surface area contributed by atoms with Crippen molar-refractivity contribution in [3.8, 4) is 22.4 Å². The van der Waals surface area contributed by atoms with Crippen LogP contribution in [0, 0.1) is 0 Å². The fraction of sp³-hybridized carbons (Fsp3) is 0.111. The first kappa shape index (κ1) is 23.7. The number of allylic oxidation sites excluding steroid dienone is 6. The average Bonchev–Trinajstić information content (AvgIpc) is 3.50. The maximum absolute atomic E-state index is 6.31. The third-order valence-electron chi connectivity index (χ3n) is 8.09. The molecule has 1 aliphatic carbocycles. The van der Waals surface area contributed by atoms with Crippen LogP contribution in [-0.2, 0) is 0 Å². The molecule has 0 bridgehead atoms. The Balaban J connectivity index is 1.18. The largest absolute Gasteiger partial charge is 0.440 e. The number of fused-ring (bicyclic) bond motifs is 5. The van der Waals surface area contributed by atoms with Gasteiger partial charge in [0.05, 0.1) is 23.3 Å². The Bertz CT molecular complexity index is 1910. The van der Waals surface area contributed by atoms with Gasteiger partial charge in [0.15, 0.2) is 5.58 Å². The van der Waals surface area contributed by atoms with Gasteiger partial charge in [0.1, 0.15) is 5.52 Å². The highest BCUT2D eigenvalue weighted by Gasteiger charge is 2.29. The second-order valence-electron chi connectivity index (χ2n) is 10.6.